The van der Waals surface area contributed by atoms with Gasteiger partial charge in [-0.2, -0.15) is 0 Å². The average molecular weight is 286 g/mol. The van der Waals surface area contributed by atoms with E-state index in [1.165, 1.54) is 6.42 Å². The lowest BCUT2D eigenvalue weighted by atomic mass is 9.84. The first kappa shape index (κ1) is 14.1. The Morgan fingerprint density at radius 1 is 0.952 bits per heavy atom. The van der Waals surface area contributed by atoms with Crippen LogP contribution in [0.25, 0.3) is 0 Å². The van der Waals surface area contributed by atoms with Crippen LogP contribution in [0.3, 0.4) is 0 Å². The maximum absolute atomic E-state index is 12.4. The Hall–Kier alpha value is -1.84. The van der Waals surface area contributed by atoms with E-state index in [2.05, 4.69) is 0 Å². The first-order valence-corrected chi connectivity index (χ1v) is 7.80. The number of benzene rings is 1. The van der Waals surface area contributed by atoms with Gasteiger partial charge in [0, 0.05) is 37.7 Å². The molecular formula is C17H22N2O2. The summed E-state index contributed by atoms with van der Waals surface area (Å²) >= 11 is 0. The monoisotopic (exact) mass is 286 g/mol. The van der Waals surface area contributed by atoms with Crippen molar-refractivity contribution >= 4 is 11.8 Å². The largest absolute Gasteiger partial charge is 0.339 e. The number of hydrogen-bond donors (Lipinski definition) is 0. The number of aryl methyl sites for hydroxylation is 1. The van der Waals surface area contributed by atoms with E-state index in [1.807, 2.05) is 41.0 Å². The topological polar surface area (TPSA) is 40.6 Å². The lowest BCUT2D eigenvalue weighted by Crippen LogP contribution is -2.52. The zero-order valence-corrected chi connectivity index (χ0v) is 12.5. The Labute approximate surface area is 125 Å². The molecule has 0 radical (unpaired) electrons. The van der Waals surface area contributed by atoms with Crippen LogP contribution in [0.2, 0.25) is 0 Å². The summed E-state index contributed by atoms with van der Waals surface area (Å²) in [6.07, 6.45) is 3.27. The zero-order valence-electron chi connectivity index (χ0n) is 12.5. The van der Waals surface area contributed by atoms with Gasteiger partial charge < -0.3 is 9.80 Å². The molecule has 2 fully saturated rings. The number of carbonyl (C=O) groups is 2. The summed E-state index contributed by atoms with van der Waals surface area (Å²) in [5, 5.41) is 0. The molecule has 1 aliphatic carbocycles. The highest BCUT2D eigenvalue weighted by Gasteiger charge is 2.32. The highest BCUT2D eigenvalue weighted by Crippen LogP contribution is 2.28. The van der Waals surface area contributed by atoms with Crippen molar-refractivity contribution in [2.75, 3.05) is 26.2 Å². The molecule has 112 valence electrons. The predicted octanol–water partition coefficient (Wildman–Crippen LogP) is 2.08. The molecule has 2 aliphatic rings. The highest BCUT2D eigenvalue weighted by molar-refractivity contribution is 5.94. The number of rotatable bonds is 2. The molecule has 21 heavy (non-hydrogen) atoms. The second-order valence-corrected chi connectivity index (χ2v) is 6.11. The van der Waals surface area contributed by atoms with Crippen molar-refractivity contribution in [2.45, 2.75) is 26.2 Å². The molecule has 0 unspecified atom stereocenters. The van der Waals surface area contributed by atoms with Gasteiger partial charge in [0.2, 0.25) is 5.91 Å². The summed E-state index contributed by atoms with van der Waals surface area (Å²) < 4.78 is 0. The van der Waals surface area contributed by atoms with Crippen LogP contribution < -0.4 is 0 Å². The third-order valence-electron chi connectivity index (χ3n) is 4.63. The predicted molar refractivity (Wildman–Crippen MR) is 81.0 cm³/mol. The van der Waals surface area contributed by atoms with Gasteiger partial charge in [-0.25, -0.2) is 0 Å². The SMILES string of the molecule is Cc1ccc(C(=O)N2CCN(C(=O)C3CCC3)CC2)cc1. The first-order chi connectivity index (χ1) is 10.1. The number of hydrogen-bond acceptors (Lipinski definition) is 2. The Kier molecular flexibility index (Phi) is 3.95. The molecule has 2 amide bonds. The van der Waals surface area contributed by atoms with Crippen molar-refractivity contribution in [1.82, 2.24) is 9.80 Å². The number of nitrogens with zero attached hydrogens (tertiary/aromatic N) is 2. The van der Waals surface area contributed by atoms with Crippen LogP contribution in [0.1, 0.15) is 35.2 Å². The summed E-state index contributed by atoms with van der Waals surface area (Å²) in [5.41, 5.74) is 1.89. The lowest BCUT2D eigenvalue weighted by Gasteiger charge is -2.38. The molecular weight excluding hydrogens is 264 g/mol. The molecule has 0 spiro atoms. The minimum atomic E-state index is 0.0748. The van der Waals surface area contributed by atoms with Crippen LogP contribution in [-0.2, 0) is 4.79 Å². The molecule has 0 aromatic heterocycles. The van der Waals surface area contributed by atoms with Gasteiger partial charge in [-0.05, 0) is 31.9 Å². The molecule has 1 aromatic carbocycles. The Bertz CT molecular complexity index is 526. The van der Waals surface area contributed by atoms with Gasteiger partial charge in [0.05, 0.1) is 0 Å². The van der Waals surface area contributed by atoms with E-state index >= 15 is 0 Å². The van der Waals surface area contributed by atoms with Crippen molar-refractivity contribution in [3.63, 3.8) is 0 Å². The third-order valence-corrected chi connectivity index (χ3v) is 4.63. The van der Waals surface area contributed by atoms with Crippen LogP contribution in [0, 0.1) is 12.8 Å². The van der Waals surface area contributed by atoms with Crippen molar-refractivity contribution < 1.29 is 9.59 Å². The molecule has 1 saturated heterocycles. The molecule has 0 bridgehead atoms. The van der Waals surface area contributed by atoms with E-state index in [0.717, 1.165) is 24.0 Å². The smallest absolute Gasteiger partial charge is 0.253 e. The first-order valence-electron chi connectivity index (χ1n) is 7.80. The van der Waals surface area contributed by atoms with Gasteiger partial charge in [-0.15, -0.1) is 0 Å². The molecule has 3 rings (SSSR count). The average Bonchev–Trinajstić information content (AvgIpc) is 2.46. The van der Waals surface area contributed by atoms with Gasteiger partial charge in [-0.3, -0.25) is 9.59 Å². The molecule has 0 N–H and O–H groups in total. The second kappa shape index (κ2) is 5.88. The van der Waals surface area contributed by atoms with E-state index in [4.69, 9.17) is 0 Å². The Morgan fingerprint density at radius 2 is 1.52 bits per heavy atom. The summed E-state index contributed by atoms with van der Waals surface area (Å²) in [4.78, 5) is 28.4. The van der Waals surface area contributed by atoms with Crippen LogP contribution >= 0.6 is 0 Å². The van der Waals surface area contributed by atoms with E-state index in [9.17, 15) is 9.59 Å². The standard InChI is InChI=1S/C17H22N2O2/c1-13-5-7-15(8-6-13)17(21)19-11-9-18(10-12-19)16(20)14-3-2-4-14/h5-8,14H,2-4,9-12H2,1H3. The molecule has 4 heteroatoms. The van der Waals surface area contributed by atoms with Gasteiger partial charge in [0.15, 0.2) is 0 Å². The molecule has 1 aliphatic heterocycles. The minimum Gasteiger partial charge on any atom is -0.339 e. The number of amides is 2. The second-order valence-electron chi connectivity index (χ2n) is 6.11. The maximum atomic E-state index is 12.4. The normalized spacial score (nSPS) is 19.3. The van der Waals surface area contributed by atoms with E-state index in [1.54, 1.807) is 0 Å². The summed E-state index contributed by atoms with van der Waals surface area (Å²) in [6, 6.07) is 7.68. The lowest BCUT2D eigenvalue weighted by molar-refractivity contribution is -0.139. The highest BCUT2D eigenvalue weighted by atomic mass is 16.2. The number of carbonyl (C=O) groups excluding carboxylic acids is 2. The maximum Gasteiger partial charge on any atom is 0.253 e. The van der Waals surface area contributed by atoms with Crippen LogP contribution in [0.5, 0.6) is 0 Å². The molecule has 1 heterocycles. The Balaban J connectivity index is 1.56. The van der Waals surface area contributed by atoms with Crippen molar-refractivity contribution in [3.8, 4) is 0 Å². The van der Waals surface area contributed by atoms with Crippen LogP contribution in [0.15, 0.2) is 24.3 Å². The van der Waals surface area contributed by atoms with Gasteiger partial charge in [0.25, 0.3) is 5.91 Å². The van der Waals surface area contributed by atoms with Gasteiger partial charge in [-0.1, -0.05) is 24.1 Å². The van der Waals surface area contributed by atoms with Crippen LogP contribution in [0.4, 0.5) is 0 Å². The van der Waals surface area contributed by atoms with Crippen molar-refractivity contribution in [3.05, 3.63) is 35.4 Å². The van der Waals surface area contributed by atoms with E-state index in [-0.39, 0.29) is 11.8 Å². The summed E-state index contributed by atoms with van der Waals surface area (Å²) in [5.74, 6) is 0.624. The van der Waals surface area contributed by atoms with Gasteiger partial charge in [0.1, 0.15) is 0 Å². The fourth-order valence-electron chi connectivity index (χ4n) is 2.92. The van der Waals surface area contributed by atoms with Crippen molar-refractivity contribution in [1.29, 1.82) is 0 Å². The molecule has 0 atom stereocenters. The Morgan fingerprint density at radius 3 is 2.05 bits per heavy atom. The zero-order chi connectivity index (χ0) is 14.8. The van der Waals surface area contributed by atoms with Crippen molar-refractivity contribution in [2.24, 2.45) is 5.92 Å². The quantitative estimate of drug-likeness (QED) is 0.835. The van der Waals surface area contributed by atoms with E-state index < -0.39 is 0 Å². The molecule has 1 aromatic rings. The summed E-state index contributed by atoms with van der Waals surface area (Å²) in [7, 11) is 0. The number of piperazine rings is 1. The fourth-order valence-corrected chi connectivity index (χ4v) is 2.92. The third kappa shape index (κ3) is 2.94. The molecule has 4 nitrogen and oxygen atoms in total. The van der Waals surface area contributed by atoms with E-state index in [0.29, 0.717) is 32.1 Å². The minimum absolute atomic E-state index is 0.0748. The van der Waals surface area contributed by atoms with Crippen LogP contribution in [-0.4, -0.2) is 47.8 Å². The van der Waals surface area contributed by atoms with Gasteiger partial charge >= 0.3 is 0 Å². The summed E-state index contributed by atoms with van der Waals surface area (Å²) in [6.45, 7) is 4.65. The fraction of sp³-hybridized carbons (Fsp3) is 0.529. The molecule has 1 saturated carbocycles.